The van der Waals surface area contributed by atoms with E-state index in [-0.39, 0.29) is 12.6 Å². The zero-order chi connectivity index (χ0) is 10.6. The molecule has 0 radical (unpaired) electrons. The van der Waals surface area contributed by atoms with E-state index in [0.717, 1.165) is 11.3 Å². The molecule has 3 nitrogen and oxygen atoms in total. The number of nitrogens with two attached hydrogens (primary N) is 1. The number of hydrogen-bond acceptors (Lipinski definition) is 3. The summed E-state index contributed by atoms with van der Waals surface area (Å²) < 4.78 is 5.46. The molecule has 0 bridgehead atoms. The van der Waals surface area contributed by atoms with E-state index in [9.17, 15) is 0 Å². The highest BCUT2D eigenvalue weighted by atomic mass is 16.5. The van der Waals surface area contributed by atoms with Crippen molar-refractivity contribution in [3.63, 3.8) is 0 Å². The highest BCUT2D eigenvalue weighted by molar-refractivity contribution is 5.35. The molecule has 0 saturated heterocycles. The highest BCUT2D eigenvalue weighted by Crippen LogP contribution is 2.18. The third kappa shape index (κ3) is 3.01. The first-order valence-electron chi connectivity index (χ1n) is 4.70. The van der Waals surface area contributed by atoms with Gasteiger partial charge < -0.3 is 15.6 Å². The highest BCUT2D eigenvalue weighted by Gasteiger charge is 2.03. The van der Waals surface area contributed by atoms with Gasteiger partial charge >= 0.3 is 0 Å². The maximum absolute atomic E-state index is 8.72. The van der Waals surface area contributed by atoms with Crippen LogP contribution in [0.2, 0.25) is 0 Å². The number of aliphatic hydroxyl groups is 1. The Morgan fingerprint density at radius 2 is 2.14 bits per heavy atom. The van der Waals surface area contributed by atoms with Gasteiger partial charge in [0.05, 0.1) is 12.6 Å². The molecule has 0 amide bonds. The molecule has 0 unspecified atom stereocenters. The lowest BCUT2D eigenvalue weighted by Gasteiger charge is -2.12. The van der Waals surface area contributed by atoms with Gasteiger partial charge in [0.2, 0.25) is 0 Å². The molecule has 0 aliphatic rings. The normalized spacial score (nSPS) is 12.6. The van der Waals surface area contributed by atoms with Crippen molar-refractivity contribution in [2.45, 2.75) is 19.9 Å². The maximum Gasteiger partial charge on any atom is 0.122 e. The third-order valence-electron chi connectivity index (χ3n) is 2.02. The SMILES string of the molecule is Cc1ccc(OC[C@H](N)CO)c(C)c1. The first-order valence-corrected chi connectivity index (χ1v) is 4.70. The van der Waals surface area contributed by atoms with E-state index in [0.29, 0.717) is 6.61 Å². The Morgan fingerprint density at radius 3 is 2.71 bits per heavy atom. The van der Waals surface area contributed by atoms with Crippen molar-refractivity contribution in [1.82, 2.24) is 0 Å². The third-order valence-corrected chi connectivity index (χ3v) is 2.02. The molecule has 0 aliphatic heterocycles. The van der Waals surface area contributed by atoms with E-state index in [1.54, 1.807) is 0 Å². The van der Waals surface area contributed by atoms with Crippen LogP contribution in [-0.2, 0) is 0 Å². The van der Waals surface area contributed by atoms with Crippen LogP contribution in [0, 0.1) is 13.8 Å². The lowest BCUT2D eigenvalue weighted by atomic mass is 10.1. The summed E-state index contributed by atoms with van der Waals surface area (Å²) in [7, 11) is 0. The van der Waals surface area contributed by atoms with Crippen LogP contribution >= 0.6 is 0 Å². The largest absolute Gasteiger partial charge is 0.492 e. The number of benzene rings is 1. The summed E-state index contributed by atoms with van der Waals surface area (Å²) in [5.41, 5.74) is 7.83. The van der Waals surface area contributed by atoms with E-state index < -0.39 is 0 Å². The Balaban J connectivity index is 2.59. The van der Waals surface area contributed by atoms with Crippen molar-refractivity contribution in [2.75, 3.05) is 13.2 Å². The summed E-state index contributed by atoms with van der Waals surface area (Å²) in [6, 6.07) is 5.66. The van der Waals surface area contributed by atoms with Crippen LogP contribution in [0.1, 0.15) is 11.1 Å². The van der Waals surface area contributed by atoms with Crippen LogP contribution in [-0.4, -0.2) is 24.4 Å². The molecule has 0 fully saturated rings. The molecule has 0 heterocycles. The van der Waals surface area contributed by atoms with Gasteiger partial charge in [-0.05, 0) is 25.5 Å². The summed E-state index contributed by atoms with van der Waals surface area (Å²) in [4.78, 5) is 0. The number of aryl methyl sites for hydroxylation is 2. The van der Waals surface area contributed by atoms with Crippen LogP contribution in [0.5, 0.6) is 5.75 Å². The molecule has 3 N–H and O–H groups in total. The standard InChI is InChI=1S/C11H17NO2/c1-8-3-4-11(9(2)5-8)14-7-10(12)6-13/h3-5,10,13H,6-7,12H2,1-2H3/t10-/m1/s1. The molecule has 0 spiro atoms. The van der Waals surface area contributed by atoms with E-state index in [4.69, 9.17) is 15.6 Å². The fraction of sp³-hybridized carbons (Fsp3) is 0.455. The van der Waals surface area contributed by atoms with Gasteiger partial charge in [0.15, 0.2) is 0 Å². The molecule has 0 saturated carbocycles. The fourth-order valence-corrected chi connectivity index (χ4v) is 1.21. The Labute approximate surface area is 84.5 Å². The predicted molar refractivity (Wildman–Crippen MR) is 56.5 cm³/mol. The van der Waals surface area contributed by atoms with Crippen molar-refractivity contribution < 1.29 is 9.84 Å². The molecule has 78 valence electrons. The van der Waals surface area contributed by atoms with Crippen LogP contribution in [0.25, 0.3) is 0 Å². The molecule has 14 heavy (non-hydrogen) atoms. The summed E-state index contributed by atoms with van der Waals surface area (Å²) in [6.07, 6.45) is 0. The number of rotatable bonds is 4. The molecule has 1 rings (SSSR count). The van der Waals surface area contributed by atoms with Gasteiger partial charge in [0.25, 0.3) is 0 Å². The van der Waals surface area contributed by atoms with Gasteiger partial charge in [-0.15, -0.1) is 0 Å². The first-order chi connectivity index (χ1) is 6.63. The molecule has 1 aromatic carbocycles. The average Bonchev–Trinajstić information content (AvgIpc) is 2.16. The van der Waals surface area contributed by atoms with Crippen molar-refractivity contribution in [1.29, 1.82) is 0 Å². The Bertz CT molecular complexity index is 299. The molecular weight excluding hydrogens is 178 g/mol. The van der Waals surface area contributed by atoms with E-state index in [1.807, 2.05) is 26.0 Å². The molecule has 3 heteroatoms. The van der Waals surface area contributed by atoms with Crippen LogP contribution in [0.4, 0.5) is 0 Å². The van der Waals surface area contributed by atoms with Crippen molar-refractivity contribution >= 4 is 0 Å². The van der Waals surface area contributed by atoms with Crippen molar-refractivity contribution in [3.8, 4) is 5.75 Å². The number of aliphatic hydroxyl groups excluding tert-OH is 1. The molecule has 0 aliphatic carbocycles. The monoisotopic (exact) mass is 195 g/mol. The zero-order valence-corrected chi connectivity index (χ0v) is 8.66. The van der Waals surface area contributed by atoms with E-state index >= 15 is 0 Å². The second-order valence-electron chi connectivity index (χ2n) is 3.52. The van der Waals surface area contributed by atoms with Gasteiger partial charge in [-0.25, -0.2) is 0 Å². The van der Waals surface area contributed by atoms with Crippen LogP contribution in [0.3, 0.4) is 0 Å². The second-order valence-corrected chi connectivity index (χ2v) is 3.52. The summed E-state index contributed by atoms with van der Waals surface area (Å²) in [5.74, 6) is 0.833. The van der Waals surface area contributed by atoms with Gasteiger partial charge in [0, 0.05) is 0 Å². The van der Waals surface area contributed by atoms with E-state index in [2.05, 4.69) is 6.07 Å². The summed E-state index contributed by atoms with van der Waals surface area (Å²) in [5, 5.41) is 8.72. The van der Waals surface area contributed by atoms with Crippen LogP contribution in [0.15, 0.2) is 18.2 Å². The number of ether oxygens (including phenoxy) is 1. The molecular formula is C11H17NO2. The van der Waals surface area contributed by atoms with Gasteiger partial charge in [-0.1, -0.05) is 17.7 Å². The Morgan fingerprint density at radius 1 is 1.43 bits per heavy atom. The molecule has 1 aromatic rings. The minimum absolute atomic E-state index is 0.0507. The minimum atomic E-state index is -0.310. The minimum Gasteiger partial charge on any atom is -0.492 e. The van der Waals surface area contributed by atoms with Crippen molar-refractivity contribution in [2.24, 2.45) is 5.73 Å². The Hall–Kier alpha value is -1.06. The summed E-state index contributed by atoms with van der Waals surface area (Å²) in [6.45, 7) is 4.33. The van der Waals surface area contributed by atoms with Crippen LogP contribution < -0.4 is 10.5 Å². The fourth-order valence-electron chi connectivity index (χ4n) is 1.21. The average molecular weight is 195 g/mol. The molecule has 1 atom stereocenters. The number of hydrogen-bond donors (Lipinski definition) is 2. The second kappa shape index (κ2) is 4.98. The lowest BCUT2D eigenvalue weighted by molar-refractivity contribution is 0.206. The maximum atomic E-state index is 8.72. The van der Waals surface area contributed by atoms with Gasteiger partial charge in [-0.3, -0.25) is 0 Å². The zero-order valence-electron chi connectivity index (χ0n) is 8.66. The quantitative estimate of drug-likeness (QED) is 0.753. The topological polar surface area (TPSA) is 55.5 Å². The van der Waals surface area contributed by atoms with Gasteiger partial charge in [0.1, 0.15) is 12.4 Å². The predicted octanol–water partition coefficient (Wildman–Crippen LogP) is 1.00. The molecule has 0 aromatic heterocycles. The van der Waals surface area contributed by atoms with Crippen molar-refractivity contribution in [3.05, 3.63) is 29.3 Å². The smallest absolute Gasteiger partial charge is 0.122 e. The van der Waals surface area contributed by atoms with Gasteiger partial charge in [-0.2, -0.15) is 0 Å². The lowest BCUT2D eigenvalue weighted by Crippen LogP contribution is -2.31. The Kier molecular flexibility index (Phi) is 3.92. The first kappa shape index (κ1) is 11.0. The summed E-state index contributed by atoms with van der Waals surface area (Å²) >= 11 is 0. The van der Waals surface area contributed by atoms with E-state index in [1.165, 1.54) is 5.56 Å².